The number of nitrogens with zero attached hydrogens (tertiary/aromatic N) is 4. The van der Waals surface area contributed by atoms with Crippen LogP contribution in [0.5, 0.6) is 0 Å². The van der Waals surface area contributed by atoms with E-state index >= 15 is 0 Å². The molecule has 1 aliphatic heterocycles. The molecule has 0 bridgehead atoms. The van der Waals surface area contributed by atoms with Crippen molar-refractivity contribution in [2.45, 2.75) is 0 Å². The van der Waals surface area contributed by atoms with E-state index in [1.165, 1.54) is 0 Å². The fourth-order valence-corrected chi connectivity index (χ4v) is 8.20. The molecule has 4 heteroatoms. The van der Waals surface area contributed by atoms with E-state index in [0.717, 1.165) is 100 Å². The highest BCUT2D eigenvalue weighted by Gasteiger charge is 2.25. The van der Waals surface area contributed by atoms with Crippen LogP contribution in [0.3, 0.4) is 0 Å². The molecular weight excluding hydrogens is 729 g/mol. The summed E-state index contributed by atoms with van der Waals surface area (Å²) in [4.78, 5) is 22.2. The van der Waals surface area contributed by atoms with Crippen molar-refractivity contribution in [1.82, 2.24) is 9.97 Å². The molecule has 4 nitrogen and oxygen atoms in total. The van der Waals surface area contributed by atoms with Crippen molar-refractivity contribution in [3.63, 3.8) is 0 Å². The predicted molar refractivity (Wildman–Crippen MR) is 249 cm³/mol. The lowest BCUT2D eigenvalue weighted by Gasteiger charge is -2.20. The molecule has 280 valence electrons. The molecule has 0 radical (unpaired) electrons. The summed E-state index contributed by atoms with van der Waals surface area (Å²) in [6.07, 6.45) is 0. The molecule has 1 aliphatic rings. The van der Waals surface area contributed by atoms with Crippen LogP contribution in [0.1, 0.15) is 22.5 Å². The molecule has 0 saturated carbocycles. The van der Waals surface area contributed by atoms with Crippen molar-refractivity contribution in [2.75, 3.05) is 0 Å². The summed E-state index contributed by atoms with van der Waals surface area (Å²) in [7, 11) is 0. The number of fused-ring (bicyclic) bond motifs is 4. The summed E-state index contributed by atoms with van der Waals surface area (Å²) in [5.41, 5.74) is 16.8. The monoisotopic (exact) mass is 764 g/mol. The van der Waals surface area contributed by atoms with Crippen LogP contribution in [-0.2, 0) is 0 Å². The van der Waals surface area contributed by atoms with Crippen LogP contribution >= 0.6 is 0 Å². The lowest BCUT2D eigenvalue weighted by molar-refractivity contribution is 1.27. The summed E-state index contributed by atoms with van der Waals surface area (Å²) in [5.74, 6) is 0. The van der Waals surface area contributed by atoms with Gasteiger partial charge in [0.15, 0.2) is 0 Å². The zero-order valence-electron chi connectivity index (χ0n) is 32.6. The zero-order valence-corrected chi connectivity index (χ0v) is 32.6. The zero-order chi connectivity index (χ0) is 39.8. The van der Waals surface area contributed by atoms with Gasteiger partial charge in [0.05, 0.1) is 33.8 Å². The first-order chi connectivity index (χ1) is 29.7. The second-order valence-electron chi connectivity index (χ2n) is 15.1. The summed E-state index contributed by atoms with van der Waals surface area (Å²) in [6, 6.07) is 76.4. The molecule has 0 unspecified atom stereocenters. The van der Waals surface area contributed by atoms with Gasteiger partial charge in [-0.1, -0.05) is 158 Å². The van der Waals surface area contributed by atoms with E-state index in [1.807, 2.05) is 24.3 Å². The van der Waals surface area contributed by atoms with Crippen LogP contribution in [0.25, 0.3) is 66.3 Å². The van der Waals surface area contributed by atoms with Crippen molar-refractivity contribution in [3.8, 4) is 44.5 Å². The van der Waals surface area contributed by atoms with Gasteiger partial charge in [0.2, 0.25) is 0 Å². The summed E-state index contributed by atoms with van der Waals surface area (Å²) in [5, 5.41) is 1.99. The third kappa shape index (κ3) is 6.66. The third-order valence-electron chi connectivity index (χ3n) is 11.2. The Bertz CT molecular complexity index is 2940. The van der Waals surface area contributed by atoms with Crippen LogP contribution in [0, 0.1) is 0 Å². The van der Waals surface area contributed by atoms with Crippen LogP contribution in [0.2, 0.25) is 0 Å². The van der Waals surface area contributed by atoms with Crippen molar-refractivity contribution in [1.29, 1.82) is 0 Å². The Kier molecular flexibility index (Phi) is 8.79. The largest absolute Gasteiger partial charge is 0.244 e. The molecule has 3 heterocycles. The number of hydrogen-bond acceptors (Lipinski definition) is 4. The molecule has 0 amide bonds. The summed E-state index contributed by atoms with van der Waals surface area (Å²) < 4.78 is 0. The lowest BCUT2D eigenvalue weighted by Crippen LogP contribution is -2.14. The van der Waals surface area contributed by atoms with E-state index in [2.05, 4.69) is 194 Å². The SMILES string of the molecule is c1ccc(-c2cc(/C3=N/c4cc5ccccc5nc4/C(c4cc(-c5ccccc5)cc(-c5ccccc5)c4)=N\c4cc5ccccc5nc43)cc(-c3ccccc3)c2)cc1. The number of aromatic nitrogens is 2. The van der Waals surface area contributed by atoms with Gasteiger partial charge in [0.1, 0.15) is 11.4 Å². The summed E-state index contributed by atoms with van der Waals surface area (Å²) >= 11 is 0. The van der Waals surface area contributed by atoms with Gasteiger partial charge in [-0.25, -0.2) is 20.0 Å². The Labute approximate surface area is 348 Å². The van der Waals surface area contributed by atoms with Crippen LogP contribution < -0.4 is 0 Å². The van der Waals surface area contributed by atoms with Crippen LogP contribution in [0.4, 0.5) is 11.4 Å². The van der Waals surface area contributed by atoms with E-state index < -0.39 is 0 Å². The fraction of sp³-hybridized carbons (Fsp3) is 0. The first-order valence-corrected chi connectivity index (χ1v) is 20.2. The molecule has 2 aromatic heterocycles. The van der Waals surface area contributed by atoms with Gasteiger partial charge in [0.25, 0.3) is 0 Å². The first-order valence-electron chi connectivity index (χ1n) is 20.2. The molecule has 10 aromatic rings. The van der Waals surface area contributed by atoms with Gasteiger partial charge in [-0.15, -0.1) is 0 Å². The smallest absolute Gasteiger partial charge is 0.116 e. The van der Waals surface area contributed by atoms with E-state index in [9.17, 15) is 0 Å². The van der Waals surface area contributed by atoms with Crippen molar-refractivity contribution < 1.29 is 0 Å². The molecule has 0 spiro atoms. The van der Waals surface area contributed by atoms with Gasteiger partial charge < -0.3 is 0 Å². The average molecular weight is 765 g/mol. The van der Waals surface area contributed by atoms with E-state index in [0.29, 0.717) is 11.4 Å². The number of benzene rings is 8. The molecule has 11 rings (SSSR count). The number of hydrogen-bond donors (Lipinski definition) is 0. The molecule has 0 saturated heterocycles. The fourth-order valence-electron chi connectivity index (χ4n) is 8.20. The number of pyridine rings is 2. The summed E-state index contributed by atoms with van der Waals surface area (Å²) in [6.45, 7) is 0. The highest BCUT2D eigenvalue weighted by Crippen LogP contribution is 2.39. The van der Waals surface area contributed by atoms with Gasteiger partial charge in [-0.3, -0.25) is 0 Å². The molecule has 0 fully saturated rings. The van der Waals surface area contributed by atoms with Gasteiger partial charge in [-0.2, -0.15) is 0 Å². The minimum Gasteiger partial charge on any atom is -0.244 e. The quantitative estimate of drug-likeness (QED) is 0.169. The number of para-hydroxylation sites is 2. The van der Waals surface area contributed by atoms with Crippen molar-refractivity contribution >= 4 is 44.6 Å². The first kappa shape index (κ1) is 35.1. The molecule has 0 N–H and O–H groups in total. The van der Waals surface area contributed by atoms with Gasteiger partial charge in [-0.05, 0) is 105 Å². The molecule has 8 aromatic carbocycles. The second-order valence-corrected chi connectivity index (χ2v) is 15.1. The number of aliphatic imine (C=N–C) groups is 2. The normalized spacial score (nSPS) is 13.9. The van der Waals surface area contributed by atoms with Crippen molar-refractivity contribution in [3.05, 3.63) is 241 Å². The minimum absolute atomic E-state index is 0.705. The van der Waals surface area contributed by atoms with Gasteiger partial charge in [0, 0.05) is 21.9 Å². The van der Waals surface area contributed by atoms with Crippen molar-refractivity contribution in [2.24, 2.45) is 9.98 Å². The maximum absolute atomic E-state index is 5.68. The Morgan fingerprint density at radius 3 is 0.850 bits per heavy atom. The Balaban J connectivity index is 1.23. The van der Waals surface area contributed by atoms with Crippen LogP contribution in [0.15, 0.2) is 228 Å². The maximum atomic E-state index is 5.68. The molecule has 0 atom stereocenters. The highest BCUT2D eigenvalue weighted by molar-refractivity contribution is 6.23. The maximum Gasteiger partial charge on any atom is 0.116 e. The van der Waals surface area contributed by atoms with E-state index in [4.69, 9.17) is 20.0 Å². The van der Waals surface area contributed by atoms with E-state index in [1.54, 1.807) is 0 Å². The Hall–Kier alpha value is -8.08. The van der Waals surface area contributed by atoms with Crippen LogP contribution in [-0.4, -0.2) is 21.4 Å². The lowest BCUT2D eigenvalue weighted by atomic mass is 9.91. The average Bonchev–Trinajstić information content (AvgIpc) is 3.32. The highest BCUT2D eigenvalue weighted by atomic mass is 14.9. The topological polar surface area (TPSA) is 50.5 Å². The van der Waals surface area contributed by atoms with E-state index in [-0.39, 0.29) is 0 Å². The van der Waals surface area contributed by atoms with Gasteiger partial charge >= 0.3 is 0 Å². The molecular formula is C56H36N4. The molecule has 60 heavy (non-hydrogen) atoms. The number of rotatable bonds is 6. The third-order valence-corrected chi connectivity index (χ3v) is 11.2. The predicted octanol–water partition coefficient (Wildman–Crippen LogP) is 14.1. The minimum atomic E-state index is 0.705. The standard InChI is InChI=1S/C56H36N4/c1-5-17-37(18-6-1)43-29-44(38-19-7-2-8-20-38)32-47(31-43)53-55-51(35-41-25-13-15-27-49(41)57-55)60-54(56-52(59-53)36-42-26-14-16-28-50(42)58-56)48-33-45(39-21-9-3-10-22-39)30-46(34-48)40-23-11-4-12-24-40/h1-36H/b55-53?,56-54?,59-52?,59-53-,60-51?,60-54-. The Morgan fingerprint density at radius 1 is 0.233 bits per heavy atom. The molecule has 0 aliphatic carbocycles. The second kappa shape index (κ2) is 15.0. The Morgan fingerprint density at radius 2 is 0.517 bits per heavy atom.